The Morgan fingerprint density at radius 1 is 1.42 bits per heavy atom. The molecule has 4 nitrogen and oxygen atoms in total. The van der Waals surface area contributed by atoms with E-state index in [0.717, 1.165) is 22.9 Å². The van der Waals surface area contributed by atoms with Crippen molar-refractivity contribution in [1.29, 1.82) is 0 Å². The van der Waals surface area contributed by atoms with Gasteiger partial charge in [-0.05, 0) is 31.7 Å². The van der Waals surface area contributed by atoms with Gasteiger partial charge in [-0.1, -0.05) is 26.2 Å². The van der Waals surface area contributed by atoms with Crippen molar-refractivity contribution in [2.24, 2.45) is 5.92 Å². The van der Waals surface area contributed by atoms with Gasteiger partial charge in [0.1, 0.15) is 5.52 Å². The van der Waals surface area contributed by atoms with E-state index < -0.39 is 0 Å². The van der Waals surface area contributed by atoms with E-state index in [0.29, 0.717) is 6.04 Å². The molecule has 4 heteroatoms. The summed E-state index contributed by atoms with van der Waals surface area (Å²) < 4.78 is 1.91. The van der Waals surface area contributed by atoms with Crippen LogP contribution in [0.1, 0.15) is 44.7 Å². The Labute approximate surface area is 114 Å². The molecule has 1 aliphatic carbocycles. The lowest BCUT2D eigenvalue weighted by Gasteiger charge is -2.29. The number of nitrogens with one attached hydrogen (secondary N) is 1. The molecular formula is C15H22N4. The highest BCUT2D eigenvalue weighted by Crippen LogP contribution is 2.29. The monoisotopic (exact) mass is 258 g/mol. The zero-order chi connectivity index (χ0) is 13.2. The average Bonchev–Trinajstić information content (AvgIpc) is 2.80. The number of anilines is 1. The summed E-state index contributed by atoms with van der Waals surface area (Å²) in [5.41, 5.74) is 2.12. The van der Waals surface area contributed by atoms with E-state index in [1.165, 1.54) is 32.1 Å². The molecule has 1 fully saturated rings. The van der Waals surface area contributed by atoms with Crippen LogP contribution >= 0.6 is 0 Å². The summed E-state index contributed by atoms with van der Waals surface area (Å²) in [4.78, 5) is 4.49. The topological polar surface area (TPSA) is 42.2 Å². The lowest BCUT2D eigenvalue weighted by molar-refractivity contribution is 0.327. The summed E-state index contributed by atoms with van der Waals surface area (Å²) in [7, 11) is 0. The number of aryl methyl sites for hydroxylation is 1. The molecular weight excluding hydrogens is 236 g/mol. The molecule has 2 heterocycles. The third-order valence-corrected chi connectivity index (χ3v) is 4.21. The average molecular weight is 258 g/mol. The molecule has 2 unspecified atom stereocenters. The van der Waals surface area contributed by atoms with Crippen LogP contribution in [0.3, 0.4) is 0 Å². The lowest BCUT2D eigenvalue weighted by Crippen LogP contribution is -2.27. The third-order valence-electron chi connectivity index (χ3n) is 4.21. The van der Waals surface area contributed by atoms with Gasteiger partial charge >= 0.3 is 0 Å². The van der Waals surface area contributed by atoms with Gasteiger partial charge < -0.3 is 5.32 Å². The zero-order valence-electron chi connectivity index (χ0n) is 11.8. The molecule has 0 radical (unpaired) electrons. The summed E-state index contributed by atoms with van der Waals surface area (Å²) in [5, 5.41) is 8.06. The van der Waals surface area contributed by atoms with Crippen molar-refractivity contribution in [3.63, 3.8) is 0 Å². The molecule has 0 bridgehead atoms. The Hall–Kier alpha value is -1.58. The van der Waals surface area contributed by atoms with Crippen molar-refractivity contribution in [3.05, 3.63) is 24.2 Å². The number of nitrogens with zero attached hydrogens (tertiary/aromatic N) is 3. The Bertz CT molecular complexity index is 560. The molecule has 1 aliphatic rings. The van der Waals surface area contributed by atoms with Crippen molar-refractivity contribution in [2.75, 3.05) is 5.32 Å². The fraction of sp³-hybridized carbons (Fsp3) is 0.600. The van der Waals surface area contributed by atoms with Crippen LogP contribution in [-0.4, -0.2) is 20.6 Å². The molecule has 2 aromatic heterocycles. The molecule has 0 amide bonds. The quantitative estimate of drug-likeness (QED) is 0.917. The van der Waals surface area contributed by atoms with Crippen LogP contribution in [0, 0.1) is 12.8 Å². The zero-order valence-corrected chi connectivity index (χ0v) is 11.8. The van der Waals surface area contributed by atoms with Crippen LogP contribution in [0.5, 0.6) is 0 Å². The molecule has 3 rings (SSSR count). The Kier molecular flexibility index (Phi) is 3.40. The predicted octanol–water partition coefficient (Wildman–Crippen LogP) is 3.42. The van der Waals surface area contributed by atoms with Gasteiger partial charge in [-0.15, -0.1) is 0 Å². The molecule has 2 atom stereocenters. The molecule has 0 aromatic carbocycles. The largest absolute Gasteiger partial charge is 0.366 e. The Morgan fingerprint density at radius 3 is 3.16 bits per heavy atom. The standard InChI is InChI=1S/C15H22N4/c1-3-12-5-4-6-13(10-12)17-15-14-9-11(2)18-19(14)8-7-16-15/h7-9,12-13H,3-6,10H2,1-2H3,(H,16,17). The molecule has 2 aromatic rings. The lowest BCUT2D eigenvalue weighted by atomic mass is 9.84. The molecule has 0 saturated heterocycles. The first-order valence-corrected chi connectivity index (χ1v) is 7.33. The number of aromatic nitrogens is 3. The smallest absolute Gasteiger partial charge is 0.152 e. The highest BCUT2D eigenvalue weighted by atomic mass is 15.2. The highest BCUT2D eigenvalue weighted by Gasteiger charge is 2.21. The summed E-state index contributed by atoms with van der Waals surface area (Å²) in [6.45, 7) is 4.32. The normalized spacial score (nSPS) is 23.7. The molecule has 102 valence electrons. The Morgan fingerprint density at radius 2 is 2.32 bits per heavy atom. The van der Waals surface area contributed by atoms with Crippen LogP contribution in [0.25, 0.3) is 5.52 Å². The molecule has 0 spiro atoms. The number of rotatable bonds is 3. The van der Waals surface area contributed by atoms with Crippen molar-refractivity contribution in [1.82, 2.24) is 14.6 Å². The van der Waals surface area contributed by atoms with Crippen LogP contribution in [-0.2, 0) is 0 Å². The first kappa shape index (κ1) is 12.5. The maximum Gasteiger partial charge on any atom is 0.152 e. The van der Waals surface area contributed by atoms with Crippen molar-refractivity contribution < 1.29 is 0 Å². The van der Waals surface area contributed by atoms with Gasteiger partial charge in [-0.2, -0.15) is 5.10 Å². The van der Waals surface area contributed by atoms with Gasteiger partial charge in [0.25, 0.3) is 0 Å². The second-order valence-corrected chi connectivity index (χ2v) is 5.67. The van der Waals surface area contributed by atoms with Gasteiger partial charge in [-0.3, -0.25) is 0 Å². The van der Waals surface area contributed by atoms with Gasteiger partial charge in [-0.25, -0.2) is 9.50 Å². The minimum atomic E-state index is 0.563. The maximum atomic E-state index is 4.49. The molecule has 1 saturated carbocycles. The molecule has 19 heavy (non-hydrogen) atoms. The van der Waals surface area contributed by atoms with E-state index in [9.17, 15) is 0 Å². The minimum absolute atomic E-state index is 0.563. The van der Waals surface area contributed by atoms with Crippen LogP contribution in [0.4, 0.5) is 5.82 Å². The fourth-order valence-corrected chi connectivity index (χ4v) is 3.14. The van der Waals surface area contributed by atoms with E-state index in [1.807, 2.05) is 23.8 Å². The first-order chi connectivity index (χ1) is 9.26. The SMILES string of the molecule is CCC1CCCC(Nc2nccn3nc(C)cc23)C1. The van der Waals surface area contributed by atoms with Gasteiger partial charge in [0.15, 0.2) is 5.82 Å². The Balaban J connectivity index is 1.81. The van der Waals surface area contributed by atoms with Crippen LogP contribution in [0.2, 0.25) is 0 Å². The van der Waals surface area contributed by atoms with E-state index in [4.69, 9.17) is 0 Å². The summed E-state index contributed by atoms with van der Waals surface area (Å²) >= 11 is 0. The van der Waals surface area contributed by atoms with Crippen molar-refractivity contribution >= 4 is 11.3 Å². The van der Waals surface area contributed by atoms with E-state index >= 15 is 0 Å². The predicted molar refractivity (Wildman–Crippen MR) is 77.4 cm³/mol. The van der Waals surface area contributed by atoms with E-state index in [-0.39, 0.29) is 0 Å². The van der Waals surface area contributed by atoms with Gasteiger partial charge in [0, 0.05) is 18.4 Å². The second kappa shape index (κ2) is 5.19. The second-order valence-electron chi connectivity index (χ2n) is 5.67. The number of hydrogen-bond acceptors (Lipinski definition) is 3. The summed E-state index contributed by atoms with van der Waals surface area (Å²) in [6.07, 6.45) is 10.3. The third kappa shape index (κ3) is 2.57. The van der Waals surface area contributed by atoms with Crippen molar-refractivity contribution in [2.45, 2.75) is 52.0 Å². The van der Waals surface area contributed by atoms with E-state index in [2.05, 4.69) is 28.4 Å². The van der Waals surface area contributed by atoms with Crippen LogP contribution in [0.15, 0.2) is 18.5 Å². The fourth-order valence-electron chi connectivity index (χ4n) is 3.14. The van der Waals surface area contributed by atoms with Gasteiger partial charge in [0.05, 0.1) is 5.69 Å². The first-order valence-electron chi connectivity index (χ1n) is 7.33. The molecule has 1 N–H and O–H groups in total. The van der Waals surface area contributed by atoms with Crippen molar-refractivity contribution in [3.8, 4) is 0 Å². The number of hydrogen-bond donors (Lipinski definition) is 1. The summed E-state index contributed by atoms with van der Waals surface area (Å²) in [5.74, 6) is 1.85. The van der Waals surface area contributed by atoms with E-state index in [1.54, 1.807) is 0 Å². The maximum absolute atomic E-state index is 4.49. The summed E-state index contributed by atoms with van der Waals surface area (Å²) in [6, 6.07) is 2.66. The van der Waals surface area contributed by atoms with Crippen LogP contribution < -0.4 is 5.32 Å². The minimum Gasteiger partial charge on any atom is -0.366 e. The highest BCUT2D eigenvalue weighted by molar-refractivity contribution is 5.68. The van der Waals surface area contributed by atoms with Gasteiger partial charge in [0.2, 0.25) is 0 Å². The molecule has 0 aliphatic heterocycles. The number of fused-ring (bicyclic) bond motifs is 1.